The summed E-state index contributed by atoms with van der Waals surface area (Å²) in [7, 11) is 0. The van der Waals surface area contributed by atoms with E-state index in [2.05, 4.69) is 0 Å². The second kappa shape index (κ2) is 4.52. The van der Waals surface area contributed by atoms with E-state index in [4.69, 9.17) is 5.73 Å². The summed E-state index contributed by atoms with van der Waals surface area (Å²) in [5.41, 5.74) is 8.06. The molecule has 1 amide bonds. The highest BCUT2D eigenvalue weighted by atomic mass is 19.1. The minimum absolute atomic E-state index is 0.0486. The first-order valence-corrected chi connectivity index (χ1v) is 6.25. The van der Waals surface area contributed by atoms with Crippen molar-refractivity contribution in [2.45, 2.75) is 6.42 Å². The third-order valence-electron chi connectivity index (χ3n) is 3.43. The summed E-state index contributed by atoms with van der Waals surface area (Å²) in [5, 5.41) is 9.19. The van der Waals surface area contributed by atoms with E-state index in [0.29, 0.717) is 18.7 Å². The lowest BCUT2D eigenvalue weighted by molar-refractivity contribution is 0.0985. The number of nitrogens with zero attached hydrogens (tertiary/aromatic N) is 1. The maximum Gasteiger partial charge on any atom is 0.261 e. The number of nitrogen functional groups attached to an aromatic ring is 1. The van der Waals surface area contributed by atoms with Crippen molar-refractivity contribution in [2.24, 2.45) is 0 Å². The quantitative estimate of drug-likeness (QED) is 0.783. The largest absolute Gasteiger partial charge is 0.508 e. The van der Waals surface area contributed by atoms with Crippen LogP contribution in [0.2, 0.25) is 0 Å². The first kappa shape index (κ1) is 12.5. The highest BCUT2D eigenvalue weighted by Gasteiger charge is 2.27. The number of rotatable bonds is 1. The number of carbonyl (C=O) groups excluding carboxylic acids is 1. The predicted octanol–water partition coefficient (Wildman–Crippen LogP) is 2.32. The SMILES string of the molecule is Nc1ccc2c(c1)CCN2C(=O)c1ccc(O)cc1F. The molecule has 0 unspecified atom stereocenters. The van der Waals surface area contributed by atoms with Crippen molar-refractivity contribution in [3.8, 4) is 5.75 Å². The molecule has 0 spiro atoms. The summed E-state index contributed by atoms with van der Waals surface area (Å²) in [5.74, 6) is -1.33. The number of phenolic OH excluding ortho intramolecular Hbond substituents is 1. The van der Waals surface area contributed by atoms with Gasteiger partial charge in [-0.15, -0.1) is 0 Å². The number of benzene rings is 2. The summed E-state index contributed by atoms with van der Waals surface area (Å²) < 4.78 is 13.8. The summed E-state index contributed by atoms with van der Waals surface area (Å²) in [6, 6.07) is 8.85. The van der Waals surface area contributed by atoms with Gasteiger partial charge in [-0.3, -0.25) is 4.79 Å². The average Bonchev–Trinajstić information content (AvgIpc) is 2.80. The second-order valence-corrected chi connectivity index (χ2v) is 4.76. The molecular formula is C15H13FN2O2. The number of hydrogen-bond acceptors (Lipinski definition) is 3. The first-order chi connectivity index (χ1) is 9.56. The van der Waals surface area contributed by atoms with Gasteiger partial charge in [0.1, 0.15) is 11.6 Å². The maximum atomic E-state index is 13.8. The van der Waals surface area contributed by atoms with Crippen LogP contribution in [0.25, 0.3) is 0 Å². The van der Waals surface area contributed by atoms with Crippen molar-refractivity contribution in [2.75, 3.05) is 17.2 Å². The fraction of sp³-hybridized carbons (Fsp3) is 0.133. The van der Waals surface area contributed by atoms with Gasteiger partial charge < -0.3 is 15.7 Å². The van der Waals surface area contributed by atoms with Gasteiger partial charge >= 0.3 is 0 Å². The van der Waals surface area contributed by atoms with Gasteiger partial charge in [-0.25, -0.2) is 4.39 Å². The van der Waals surface area contributed by atoms with Gasteiger partial charge in [0.25, 0.3) is 5.91 Å². The fourth-order valence-electron chi connectivity index (χ4n) is 2.46. The molecule has 1 aliphatic heterocycles. The molecule has 1 aliphatic rings. The minimum Gasteiger partial charge on any atom is -0.508 e. The van der Waals surface area contributed by atoms with E-state index in [1.54, 1.807) is 12.1 Å². The van der Waals surface area contributed by atoms with Gasteiger partial charge in [0.15, 0.2) is 0 Å². The van der Waals surface area contributed by atoms with E-state index in [-0.39, 0.29) is 11.3 Å². The van der Waals surface area contributed by atoms with Crippen LogP contribution >= 0.6 is 0 Å². The third kappa shape index (κ3) is 1.97. The lowest BCUT2D eigenvalue weighted by Crippen LogP contribution is -2.29. The predicted molar refractivity (Wildman–Crippen MR) is 74.3 cm³/mol. The van der Waals surface area contributed by atoms with E-state index in [0.717, 1.165) is 17.3 Å². The zero-order valence-electron chi connectivity index (χ0n) is 10.6. The van der Waals surface area contributed by atoms with Crippen LogP contribution < -0.4 is 10.6 Å². The zero-order chi connectivity index (χ0) is 14.3. The molecule has 1 heterocycles. The minimum atomic E-state index is -0.723. The van der Waals surface area contributed by atoms with E-state index >= 15 is 0 Å². The molecule has 0 aliphatic carbocycles. The van der Waals surface area contributed by atoms with Gasteiger partial charge in [0.2, 0.25) is 0 Å². The molecule has 0 radical (unpaired) electrons. The van der Waals surface area contributed by atoms with Gasteiger partial charge in [-0.1, -0.05) is 0 Å². The monoisotopic (exact) mass is 272 g/mol. The normalized spacial score (nSPS) is 13.3. The number of aromatic hydroxyl groups is 1. The standard InChI is InChI=1S/C15H13FN2O2/c16-13-8-11(19)2-3-12(13)15(20)18-6-5-9-7-10(17)1-4-14(9)18/h1-4,7-8,19H,5-6,17H2. The summed E-state index contributed by atoms with van der Waals surface area (Å²) in [6.45, 7) is 0.498. The number of fused-ring (bicyclic) bond motifs is 1. The average molecular weight is 272 g/mol. The number of nitrogens with two attached hydrogens (primary N) is 1. The van der Waals surface area contributed by atoms with Crippen molar-refractivity contribution < 1.29 is 14.3 Å². The molecule has 20 heavy (non-hydrogen) atoms. The number of phenols is 1. The lowest BCUT2D eigenvalue weighted by atomic mass is 10.1. The number of amides is 1. The van der Waals surface area contributed by atoms with Crippen molar-refractivity contribution in [3.63, 3.8) is 0 Å². The zero-order valence-corrected chi connectivity index (χ0v) is 10.6. The van der Waals surface area contributed by atoms with Crippen LogP contribution in [-0.2, 0) is 6.42 Å². The number of hydrogen-bond donors (Lipinski definition) is 2. The Bertz CT molecular complexity index is 700. The molecule has 0 saturated carbocycles. The molecule has 2 aromatic rings. The molecular weight excluding hydrogens is 259 g/mol. The van der Waals surface area contributed by atoms with Crippen LogP contribution in [0.15, 0.2) is 36.4 Å². The van der Waals surface area contributed by atoms with Crippen LogP contribution in [0.4, 0.5) is 15.8 Å². The molecule has 0 aromatic heterocycles. The highest BCUT2D eigenvalue weighted by molar-refractivity contribution is 6.07. The van der Waals surface area contributed by atoms with Crippen molar-refractivity contribution in [3.05, 3.63) is 53.3 Å². The van der Waals surface area contributed by atoms with Crippen LogP contribution in [-0.4, -0.2) is 17.6 Å². The Hall–Kier alpha value is -2.56. The summed E-state index contributed by atoms with van der Waals surface area (Å²) >= 11 is 0. The van der Waals surface area contributed by atoms with Crippen LogP contribution in [0, 0.1) is 5.82 Å². The van der Waals surface area contributed by atoms with Crippen molar-refractivity contribution >= 4 is 17.3 Å². The molecule has 0 fully saturated rings. The molecule has 102 valence electrons. The lowest BCUT2D eigenvalue weighted by Gasteiger charge is -2.18. The number of carbonyl (C=O) groups is 1. The molecule has 3 N–H and O–H groups in total. The molecule has 0 bridgehead atoms. The van der Waals surface area contributed by atoms with E-state index in [1.165, 1.54) is 17.0 Å². The van der Waals surface area contributed by atoms with Gasteiger partial charge in [-0.2, -0.15) is 0 Å². The molecule has 5 heteroatoms. The third-order valence-corrected chi connectivity index (χ3v) is 3.43. The fourth-order valence-corrected chi connectivity index (χ4v) is 2.46. The van der Waals surface area contributed by atoms with Crippen molar-refractivity contribution in [1.82, 2.24) is 0 Å². The Balaban J connectivity index is 1.97. The molecule has 2 aromatic carbocycles. The summed E-state index contributed by atoms with van der Waals surface area (Å²) in [4.78, 5) is 13.9. The Kier molecular flexibility index (Phi) is 2.82. The van der Waals surface area contributed by atoms with Gasteiger partial charge in [-0.05, 0) is 42.3 Å². The van der Waals surface area contributed by atoms with Crippen LogP contribution in [0.3, 0.4) is 0 Å². The molecule has 3 rings (SSSR count). The van der Waals surface area contributed by atoms with E-state index in [1.807, 2.05) is 6.07 Å². The Morgan fingerprint density at radius 1 is 1.25 bits per heavy atom. The summed E-state index contributed by atoms with van der Waals surface area (Å²) in [6.07, 6.45) is 0.700. The number of anilines is 2. The van der Waals surface area contributed by atoms with E-state index in [9.17, 15) is 14.3 Å². The maximum absolute atomic E-state index is 13.8. The van der Waals surface area contributed by atoms with Gasteiger partial charge in [0.05, 0.1) is 5.56 Å². The topological polar surface area (TPSA) is 66.6 Å². The van der Waals surface area contributed by atoms with Crippen LogP contribution in [0.1, 0.15) is 15.9 Å². The molecule has 4 nitrogen and oxygen atoms in total. The Labute approximate surface area is 115 Å². The highest BCUT2D eigenvalue weighted by Crippen LogP contribution is 2.31. The van der Waals surface area contributed by atoms with E-state index < -0.39 is 11.7 Å². The molecule has 0 atom stereocenters. The molecule has 0 saturated heterocycles. The smallest absolute Gasteiger partial charge is 0.261 e. The van der Waals surface area contributed by atoms with Crippen molar-refractivity contribution in [1.29, 1.82) is 0 Å². The van der Waals surface area contributed by atoms with Crippen LogP contribution in [0.5, 0.6) is 5.75 Å². The Morgan fingerprint density at radius 3 is 2.80 bits per heavy atom. The Morgan fingerprint density at radius 2 is 2.05 bits per heavy atom. The van der Waals surface area contributed by atoms with Gasteiger partial charge in [0, 0.05) is 24.0 Å². The second-order valence-electron chi connectivity index (χ2n) is 4.76. The first-order valence-electron chi connectivity index (χ1n) is 6.25. The number of halogens is 1.